The van der Waals surface area contributed by atoms with Crippen molar-refractivity contribution in [2.75, 3.05) is 18.4 Å². The number of hydrogen-bond acceptors (Lipinski definition) is 4. The van der Waals surface area contributed by atoms with Crippen molar-refractivity contribution in [2.45, 2.75) is 13.0 Å². The van der Waals surface area contributed by atoms with Crippen molar-refractivity contribution >= 4 is 11.7 Å². The summed E-state index contributed by atoms with van der Waals surface area (Å²) in [6.45, 7) is 2.94. The van der Waals surface area contributed by atoms with Crippen LogP contribution in [0, 0.1) is 18.3 Å². The minimum Gasteiger partial charge on any atom is -0.471 e. The molecule has 1 aromatic carbocycles. The molecular formula is C17H16N4O2. The van der Waals surface area contributed by atoms with Crippen LogP contribution in [0.2, 0.25) is 0 Å². The van der Waals surface area contributed by atoms with Crippen LogP contribution in [0.5, 0.6) is 5.88 Å². The molecule has 2 heterocycles. The fourth-order valence-electron chi connectivity index (χ4n) is 2.30. The summed E-state index contributed by atoms with van der Waals surface area (Å²) < 4.78 is 5.66. The predicted molar refractivity (Wildman–Crippen MR) is 85.1 cm³/mol. The molecule has 1 aliphatic heterocycles. The molecule has 1 N–H and O–H groups in total. The van der Waals surface area contributed by atoms with Gasteiger partial charge in [-0.05, 0) is 24.6 Å². The summed E-state index contributed by atoms with van der Waals surface area (Å²) in [5.41, 5.74) is 2.33. The Hall–Kier alpha value is -3.07. The molecule has 0 aliphatic carbocycles. The number of pyridine rings is 1. The van der Waals surface area contributed by atoms with Gasteiger partial charge in [0.05, 0.1) is 24.7 Å². The summed E-state index contributed by atoms with van der Waals surface area (Å²) in [4.78, 5) is 17.9. The molecule has 2 aromatic rings. The Morgan fingerprint density at radius 2 is 2.17 bits per heavy atom. The predicted octanol–water partition coefficient (Wildman–Crippen LogP) is 2.56. The van der Waals surface area contributed by atoms with Gasteiger partial charge in [-0.2, -0.15) is 5.26 Å². The molecule has 1 aromatic heterocycles. The van der Waals surface area contributed by atoms with Gasteiger partial charge in [-0.15, -0.1) is 0 Å². The van der Waals surface area contributed by atoms with Gasteiger partial charge in [-0.25, -0.2) is 9.78 Å². The van der Waals surface area contributed by atoms with E-state index in [0.717, 1.165) is 11.3 Å². The smallest absolute Gasteiger partial charge is 0.322 e. The fourth-order valence-corrected chi connectivity index (χ4v) is 2.30. The lowest BCUT2D eigenvalue weighted by Gasteiger charge is -2.38. The molecule has 3 rings (SSSR count). The maximum absolute atomic E-state index is 12.1. The molecular weight excluding hydrogens is 292 g/mol. The van der Waals surface area contributed by atoms with Gasteiger partial charge in [-0.1, -0.05) is 18.2 Å². The summed E-state index contributed by atoms with van der Waals surface area (Å²) in [6.07, 6.45) is 1.44. The maximum Gasteiger partial charge on any atom is 0.322 e. The van der Waals surface area contributed by atoms with E-state index in [4.69, 9.17) is 10.00 Å². The van der Waals surface area contributed by atoms with Crippen molar-refractivity contribution in [2.24, 2.45) is 0 Å². The number of anilines is 1. The first-order chi connectivity index (χ1) is 11.2. The number of para-hydroxylation sites is 1. The van der Waals surface area contributed by atoms with Gasteiger partial charge in [0.15, 0.2) is 0 Å². The van der Waals surface area contributed by atoms with Gasteiger partial charge in [-0.3, -0.25) is 0 Å². The minimum absolute atomic E-state index is 0.0981. The van der Waals surface area contributed by atoms with Crippen LogP contribution in [-0.4, -0.2) is 35.1 Å². The molecule has 116 valence electrons. The highest BCUT2D eigenvalue weighted by Crippen LogP contribution is 2.19. The van der Waals surface area contributed by atoms with Crippen LogP contribution < -0.4 is 10.1 Å². The zero-order valence-electron chi connectivity index (χ0n) is 12.7. The fraction of sp³-hybridized carbons (Fsp3) is 0.235. The molecule has 6 heteroatoms. The Labute approximate surface area is 134 Å². The number of carbonyl (C=O) groups is 1. The molecule has 0 bridgehead atoms. The van der Waals surface area contributed by atoms with E-state index < -0.39 is 0 Å². The molecule has 0 atom stereocenters. The Balaban J connectivity index is 1.52. The number of urea groups is 1. The average Bonchev–Trinajstić information content (AvgIpc) is 2.52. The Bertz CT molecular complexity index is 763. The van der Waals surface area contributed by atoms with Gasteiger partial charge < -0.3 is 15.0 Å². The summed E-state index contributed by atoms with van der Waals surface area (Å²) >= 11 is 0. The van der Waals surface area contributed by atoms with Gasteiger partial charge in [0, 0.05) is 18.0 Å². The van der Waals surface area contributed by atoms with Crippen molar-refractivity contribution in [1.29, 1.82) is 5.26 Å². The standard InChI is InChI=1S/C17H16N4O2/c1-12-4-2-3-5-15(12)20-17(22)21-10-14(11-21)23-16-8-13(9-18)6-7-19-16/h2-8,14H,10-11H2,1H3,(H,20,22). The third-order valence-corrected chi connectivity index (χ3v) is 3.67. The molecule has 1 fully saturated rings. The van der Waals surface area contributed by atoms with Crippen molar-refractivity contribution < 1.29 is 9.53 Å². The second kappa shape index (κ2) is 6.36. The number of amides is 2. The van der Waals surface area contributed by atoms with E-state index in [-0.39, 0.29) is 12.1 Å². The maximum atomic E-state index is 12.1. The van der Waals surface area contributed by atoms with Crippen molar-refractivity contribution in [3.8, 4) is 11.9 Å². The molecule has 6 nitrogen and oxygen atoms in total. The zero-order valence-corrected chi connectivity index (χ0v) is 12.7. The molecule has 23 heavy (non-hydrogen) atoms. The minimum atomic E-state index is -0.141. The lowest BCUT2D eigenvalue weighted by Crippen LogP contribution is -2.57. The number of carbonyl (C=O) groups excluding carboxylic acids is 1. The first-order valence-electron chi connectivity index (χ1n) is 7.30. The summed E-state index contributed by atoms with van der Waals surface area (Å²) in [7, 11) is 0. The van der Waals surface area contributed by atoms with Crippen LogP contribution in [0.4, 0.5) is 10.5 Å². The Morgan fingerprint density at radius 1 is 1.39 bits per heavy atom. The van der Waals surface area contributed by atoms with Gasteiger partial charge in [0.1, 0.15) is 6.10 Å². The largest absolute Gasteiger partial charge is 0.471 e. The summed E-state index contributed by atoms with van der Waals surface area (Å²) in [5, 5.41) is 11.7. The molecule has 2 amide bonds. The molecule has 0 unspecified atom stereocenters. The zero-order chi connectivity index (χ0) is 16.2. The van der Waals surface area contributed by atoms with Crippen LogP contribution in [0.15, 0.2) is 42.6 Å². The molecule has 1 saturated heterocycles. The van der Waals surface area contributed by atoms with E-state index in [2.05, 4.69) is 10.3 Å². The number of ether oxygens (including phenoxy) is 1. The van der Waals surface area contributed by atoms with Crippen LogP contribution in [-0.2, 0) is 0 Å². The van der Waals surface area contributed by atoms with Crippen molar-refractivity contribution in [3.05, 3.63) is 53.7 Å². The highest BCUT2D eigenvalue weighted by molar-refractivity contribution is 5.90. The number of likely N-dealkylation sites (tertiary alicyclic amines) is 1. The summed E-state index contributed by atoms with van der Waals surface area (Å²) in [6, 6.07) is 12.8. The Kier molecular flexibility index (Phi) is 4.11. The molecule has 0 spiro atoms. The molecule has 0 radical (unpaired) electrons. The highest BCUT2D eigenvalue weighted by Gasteiger charge is 2.32. The number of benzene rings is 1. The number of aromatic nitrogens is 1. The van der Waals surface area contributed by atoms with Crippen molar-refractivity contribution in [3.63, 3.8) is 0 Å². The summed E-state index contributed by atoms with van der Waals surface area (Å²) in [5.74, 6) is 0.410. The second-order valence-corrected chi connectivity index (χ2v) is 5.38. The van der Waals surface area contributed by atoms with E-state index in [1.165, 1.54) is 6.20 Å². The second-order valence-electron chi connectivity index (χ2n) is 5.38. The van der Waals surface area contributed by atoms with Crippen LogP contribution in [0.1, 0.15) is 11.1 Å². The number of nitriles is 1. The third kappa shape index (κ3) is 3.40. The van der Waals surface area contributed by atoms with Crippen molar-refractivity contribution in [1.82, 2.24) is 9.88 Å². The Morgan fingerprint density at radius 3 is 2.91 bits per heavy atom. The quantitative estimate of drug-likeness (QED) is 0.945. The SMILES string of the molecule is Cc1ccccc1NC(=O)N1CC(Oc2cc(C#N)ccn2)C1. The monoisotopic (exact) mass is 308 g/mol. The number of rotatable bonds is 3. The average molecular weight is 308 g/mol. The third-order valence-electron chi connectivity index (χ3n) is 3.67. The normalized spacial score (nSPS) is 13.8. The lowest BCUT2D eigenvalue weighted by atomic mass is 10.1. The number of aryl methyl sites for hydroxylation is 1. The topological polar surface area (TPSA) is 78.3 Å². The van der Waals surface area contributed by atoms with E-state index in [0.29, 0.717) is 24.5 Å². The van der Waals surface area contributed by atoms with E-state index in [1.54, 1.807) is 17.0 Å². The number of nitrogens with zero attached hydrogens (tertiary/aromatic N) is 3. The van der Waals surface area contributed by atoms with Gasteiger partial charge in [0.25, 0.3) is 0 Å². The van der Waals surface area contributed by atoms with Crippen LogP contribution in [0.25, 0.3) is 0 Å². The molecule has 1 aliphatic rings. The van der Waals surface area contributed by atoms with Crippen LogP contribution >= 0.6 is 0 Å². The van der Waals surface area contributed by atoms with E-state index in [9.17, 15) is 4.79 Å². The first kappa shape index (κ1) is 14.9. The first-order valence-corrected chi connectivity index (χ1v) is 7.30. The molecule has 0 saturated carbocycles. The highest BCUT2D eigenvalue weighted by atomic mass is 16.5. The number of hydrogen-bond donors (Lipinski definition) is 1. The van der Waals surface area contributed by atoms with E-state index in [1.807, 2.05) is 37.3 Å². The van der Waals surface area contributed by atoms with E-state index >= 15 is 0 Å². The van der Waals surface area contributed by atoms with Gasteiger partial charge >= 0.3 is 6.03 Å². The number of nitrogens with one attached hydrogen (secondary N) is 1. The van der Waals surface area contributed by atoms with Gasteiger partial charge in [0.2, 0.25) is 5.88 Å². The van der Waals surface area contributed by atoms with Crippen LogP contribution in [0.3, 0.4) is 0 Å². The lowest BCUT2D eigenvalue weighted by molar-refractivity contribution is 0.0461.